The number of hydrogen-bond donors (Lipinski definition) is 2. The molecule has 0 bridgehead atoms. The third kappa shape index (κ3) is 12.5. The molecule has 0 atom stereocenters. The van der Waals surface area contributed by atoms with Gasteiger partial charge in [0.05, 0.1) is 30.5 Å². The zero-order valence-corrected chi connectivity index (χ0v) is 24.1. The van der Waals surface area contributed by atoms with Gasteiger partial charge in [0.2, 0.25) is 5.91 Å². The molecule has 0 spiro atoms. The van der Waals surface area contributed by atoms with Crippen molar-refractivity contribution in [2.24, 2.45) is 5.10 Å². The fourth-order valence-corrected chi connectivity index (χ4v) is 4.23. The molecule has 2 rings (SSSR count). The van der Waals surface area contributed by atoms with Gasteiger partial charge in [0.25, 0.3) is 5.91 Å². The van der Waals surface area contributed by atoms with Crippen molar-refractivity contribution >= 4 is 47.2 Å². The Labute approximate surface area is 240 Å². The van der Waals surface area contributed by atoms with Crippen molar-refractivity contribution in [1.29, 1.82) is 0 Å². The van der Waals surface area contributed by atoms with Gasteiger partial charge in [0.1, 0.15) is 0 Å². The van der Waals surface area contributed by atoms with Crippen molar-refractivity contribution in [3.05, 3.63) is 57.6 Å². The predicted octanol–water partition coefficient (Wildman–Crippen LogP) is 6.71. The summed E-state index contributed by atoms with van der Waals surface area (Å²) in [6.45, 7) is 2.06. The second-order valence-electron chi connectivity index (χ2n) is 9.07. The number of rotatable bonds is 17. The third-order valence-electron chi connectivity index (χ3n) is 5.90. The van der Waals surface area contributed by atoms with E-state index in [1.165, 1.54) is 70.0 Å². The number of nitrogens with one attached hydrogen (secondary N) is 2. The highest BCUT2D eigenvalue weighted by Crippen LogP contribution is 2.30. The van der Waals surface area contributed by atoms with Crippen LogP contribution in [0, 0.1) is 0 Å². The van der Waals surface area contributed by atoms with E-state index in [2.05, 4.69) is 22.8 Å². The van der Waals surface area contributed by atoms with E-state index in [1.807, 2.05) is 0 Å². The molecule has 0 aliphatic heterocycles. The van der Waals surface area contributed by atoms with Crippen LogP contribution in [0.5, 0.6) is 11.5 Å². The summed E-state index contributed by atoms with van der Waals surface area (Å²) in [7, 11) is 1.43. The van der Waals surface area contributed by atoms with E-state index in [4.69, 9.17) is 32.7 Å². The van der Waals surface area contributed by atoms with Crippen molar-refractivity contribution in [3.8, 4) is 11.5 Å². The van der Waals surface area contributed by atoms with Gasteiger partial charge < -0.3 is 14.8 Å². The van der Waals surface area contributed by atoms with Crippen LogP contribution in [0.4, 0.5) is 0 Å². The molecule has 0 saturated heterocycles. The highest BCUT2D eigenvalue weighted by atomic mass is 35.5. The number of carbonyl (C=O) groups is 3. The van der Waals surface area contributed by atoms with Gasteiger partial charge in [-0.2, -0.15) is 5.10 Å². The maximum Gasteiger partial charge on any atom is 0.345 e. The smallest absolute Gasteiger partial charge is 0.345 e. The summed E-state index contributed by atoms with van der Waals surface area (Å²) in [5, 5.41) is 7.09. The van der Waals surface area contributed by atoms with E-state index in [9.17, 15) is 14.4 Å². The lowest BCUT2D eigenvalue weighted by atomic mass is 10.1. The molecule has 0 aromatic heterocycles. The number of hydrazone groups is 1. The number of unbranched alkanes of at least 4 members (excludes halogenated alkanes) is 8. The lowest BCUT2D eigenvalue weighted by molar-refractivity contribution is -0.126. The average molecular weight is 579 g/mol. The van der Waals surface area contributed by atoms with Crippen molar-refractivity contribution in [2.45, 2.75) is 71.1 Å². The second kappa shape index (κ2) is 18.2. The fourth-order valence-electron chi connectivity index (χ4n) is 3.74. The van der Waals surface area contributed by atoms with Gasteiger partial charge >= 0.3 is 5.97 Å². The number of carbonyl (C=O) groups excluding carboxylic acids is 3. The van der Waals surface area contributed by atoms with Gasteiger partial charge in [-0.05, 0) is 48.4 Å². The zero-order chi connectivity index (χ0) is 28.5. The maximum atomic E-state index is 12.5. The number of amides is 2. The highest BCUT2D eigenvalue weighted by molar-refractivity contribution is 6.36. The van der Waals surface area contributed by atoms with E-state index in [-0.39, 0.29) is 34.5 Å². The lowest BCUT2D eigenvalue weighted by Gasteiger charge is -2.10. The molecule has 212 valence electrons. The third-order valence-corrected chi connectivity index (χ3v) is 6.45. The normalized spacial score (nSPS) is 10.9. The molecular weight excluding hydrogens is 541 g/mol. The summed E-state index contributed by atoms with van der Waals surface area (Å²) in [6, 6.07) is 9.23. The molecule has 0 aliphatic carbocycles. The summed E-state index contributed by atoms with van der Waals surface area (Å²) in [5.41, 5.74) is 3.12. The topological polar surface area (TPSA) is 106 Å². The monoisotopic (exact) mass is 577 g/mol. The first-order chi connectivity index (χ1) is 18.8. The summed E-state index contributed by atoms with van der Waals surface area (Å²) in [4.78, 5) is 36.4. The van der Waals surface area contributed by atoms with Gasteiger partial charge in [-0.15, -0.1) is 0 Å². The Morgan fingerprint density at radius 1 is 0.872 bits per heavy atom. The lowest BCUT2D eigenvalue weighted by Crippen LogP contribution is -2.34. The summed E-state index contributed by atoms with van der Waals surface area (Å²) >= 11 is 11.9. The molecule has 2 aromatic carbocycles. The van der Waals surface area contributed by atoms with Crippen molar-refractivity contribution < 1.29 is 23.9 Å². The molecule has 0 radical (unpaired) electrons. The largest absolute Gasteiger partial charge is 0.493 e. The van der Waals surface area contributed by atoms with Crippen molar-refractivity contribution in [2.75, 3.05) is 13.7 Å². The molecule has 2 aromatic rings. The summed E-state index contributed by atoms with van der Waals surface area (Å²) < 4.78 is 10.7. The van der Waals surface area contributed by atoms with Crippen molar-refractivity contribution in [1.82, 2.24) is 10.7 Å². The second-order valence-corrected chi connectivity index (χ2v) is 9.92. The van der Waals surface area contributed by atoms with E-state index < -0.39 is 11.9 Å². The molecule has 0 aliphatic rings. The molecule has 0 saturated carbocycles. The number of ether oxygens (including phenoxy) is 2. The van der Waals surface area contributed by atoms with Crippen LogP contribution in [0.1, 0.15) is 87.1 Å². The minimum atomic E-state index is -0.663. The van der Waals surface area contributed by atoms with Crippen LogP contribution in [0.15, 0.2) is 41.5 Å². The number of hydrogen-bond acceptors (Lipinski definition) is 6. The Morgan fingerprint density at radius 3 is 2.23 bits per heavy atom. The van der Waals surface area contributed by atoms with Crippen LogP contribution in [0.3, 0.4) is 0 Å². The van der Waals surface area contributed by atoms with Crippen LogP contribution >= 0.6 is 23.2 Å². The quantitative estimate of drug-likeness (QED) is 0.0714. The Hall–Kier alpha value is -3.10. The number of benzene rings is 2. The SMILES string of the molecule is CCCCCCCCCCCC(=O)NCC(=O)NN=Cc1ccc(OC(=O)c2ccc(Cl)cc2Cl)c(OC)c1. The number of esters is 1. The van der Waals surface area contributed by atoms with Crippen LogP contribution in [0.2, 0.25) is 10.0 Å². The first-order valence-electron chi connectivity index (χ1n) is 13.3. The number of methoxy groups -OCH3 is 1. The standard InChI is InChI=1S/C29H37Cl2N3O5/c1-3-4-5-6-7-8-9-10-11-12-27(35)32-20-28(36)34-33-19-21-13-16-25(26(17-21)38-2)39-29(37)23-15-14-22(30)18-24(23)31/h13-19H,3-12,20H2,1-2H3,(H,32,35)(H,34,36). The minimum absolute atomic E-state index is 0.146. The fraction of sp³-hybridized carbons (Fsp3) is 0.448. The Morgan fingerprint density at radius 2 is 1.56 bits per heavy atom. The zero-order valence-electron chi connectivity index (χ0n) is 22.6. The van der Waals surface area contributed by atoms with Crippen LogP contribution in [0.25, 0.3) is 0 Å². The molecule has 0 heterocycles. The molecule has 39 heavy (non-hydrogen) atoms. The molecule has 8 nitrogen and oxygen atoms in total. The van der Waals surface area contributed by atoms with Crippen LogP contribution in [-0.2, 0) is 9.59 Å². The molecule has 0 unspecified atom stereocenters. The molecule has 2 amide bonds. The average Bonchev–Trinajstić information content (AvgIpc) is 2.91. The van der Waals surface area contributed by atoms with E-state index in [0.717, 1.165) is 19.3 Å². The van der Waals surface area contributed by atoms with Crippen LogP contribution in [-0.4, -0.2) is 37.7 Å². The summed E-state index contributed by atoms with van der Waals surface area (Å²) in [6.07, 6.45) is 12.4. The van der Waals surface area contributed by atoms with E-state index in [0.29, 0.717) is 17.0 Å². The molecule has 0 fully saturated rings. The Kier molecular flexibility index (Phi) is 15.0. The van der Waals surface area contributed by atoms with E-state index in [1.54, 1.807) is 18.2 Å². The van der Waals surface area contributed by atoms with Crippen molar-refractivity contribution in [3.63, 3.8) is 0 Å². The van der Waals surface area contributed by atoms with Gasteiger partial charge in [0, 0.05) is 11.4 Å². The highest BCUT2D eigenvalue weighted by Gasteiger charge is 2.16. The maximum absolute atomic E-state index is 12.5. The van der Waals surface area contributed by atoms with Gasteiger partial charge in [-0.25, -0.2) is 10.2 Å². The number of halogens is 2. The van der Waals surface area contributed by atoms with E-state index >= 15 is 0 Å². The predicted molar refractivity (Wildman–Crippen MR) is 155 cm³/mol. The summed E-state index contributed by atoms with van der Waals surface area (Å²) in [5.74, 6) is -0.781. The Bertz CT molecular complexity index is 1120. The first-order valence-corrected chi connectivity index (χ1v) is 14.0. The minimum Gasteiger partial charge on any atom is -0.493 e. The van der Waals surface area contributed by atoms with Gasteiger partial charge in [-0.1, -0.05) is 81.5 Å². The first kappa shape index (κ1) is 32.1. The molecule has 10 heteroatoms. The molecular formula is C29H37Cl2N3O5. The Balaban J connectivity index is 1.71. The van der Waals surface area contributed by atoms with Gasteiger partial charge in [0.15, 0.2) is 11.5 Å². The molecule has 2 N–H and O–H groups in total. The van der Waals surface area contributed by atoms with Crippen LogP contribution < -0.4 is 20.2 Å². The van der Waals surface area contributed by atoms with Gasteiger partial charge in [-0.3, -0.25) is 9.59 Å². The number of nitrogens with zero attached hydrogens (tertiary/aromatic N) is 1.